The van der Waals surface area contributed by atoms with Crippen LogP contribution in [0, 0.1) is 0 Å². The van der Waals surface area contributed by atoms with Gasteiger partial charge in [0.1, 0.15) is 5.54 Å². The normalized spacial score (nSPS) is 23.3. The van der Waals surface area contributed by atoms with E-state index in [-0.39, 0.29) is 5.97 Å². The summed E-state index contributed by atoms with van der Waals surface area (Å²) in [6.45, 7) is 5.70. The highest BCUT2D eigenvalue weighted by atomic mass is 16.5. The molecule has 1 atom stereocenters. The predicted molar refractivity (Wildman–Crippen MR) is 85.3 cm³/mol. The Balaban J connectivity index is 1.69. The zero-order valence-corrected chi connectivity index (χ0v) is 13.8. The van der Waals surface area contributed by atoms with Crippen molar-refractivity contribution in [3.63, 3.8) is 0 Å². The van der Waals surface area contributed by atoms with Gasteiger partial charge >= 0.3 is 5.97 Å². The van der Waals surface area contributed by atoms with E-state index in [2.05, 4.69) is 10.2 Å². The Labute approximate surface area is 129 Å². The number of likely N-dealkylation sites (tertiary alicyclic amines) is 1. The molecular formula is C17H32N2O2. The number of nitrogens with one attached hydrogen (secondary N) is 1. The fourth-order valence-corrected chi connectivity index (χ4v) is 3.31. The van der Waals surface area contributed by atoms with Gasteiger partial charge in [-0.05, 0) is 71.5 Å². The Morgan fingerprint density at radius 1 is 1.19 bits per heavy atom. The second-order valence-electron chi connectivity index (χ2n) is 6.96. The van der Waals surface area contributed by atoms with Gasteiger partial charge in [0, 0.05) is 6.04 Å². The number of rotatable bonds is 8. The number of unbranched alkanes of at least 4 members (excludes halogenated alkanes) is 1. The zero-order valence-electron chi connectivity index (χ0n) is 13.8. The molecule has 2 fully saturated rings. The van der Waals surface area contributed by atoms with Gasteiger partial charge in [-0.2, -0.15) is 0 Å². The minimum atomic E-state index is -0.491. The average Bonchev–Trinajstić information content (AvgIpc) is 3.30. The summed E-state index contributed by atoms with van der Waals surface area (Å²) < 4.78 is 5.00. The van der Waals surface area contributed by atoms with Gasteiger partial charge in [-0.3, -0.25) is 10.1 Å². The van der Waals surface area contributed by atoms with Crippen LogP contribution in [0.15, 0.2) is 0 Å². The maximum atomic E-state index is 12.0. The van der Waals surface area contributed by atoms with Crippen molar-refractivity contribution in [2.45, 2.75) is 76.3 Å². The lowest BCUT2D eigenvalue weighted by molar-refractivity contribution is -0.148. The van der Waals surface area contributed by atoms with Gasteiger partial charge in [-0.25, -0.2) is 0 Å². The first-order valence-corrected chi connectivity index (χ1v) is 8.72. The summed E-state index contributed by atoms with van der Waals surface area (Å²) in [6.07, 6.45) is 11.0. The monoisotopic (exact) mass is 296 g/mol. The molecule has 0 aromatic rings. The summed E-state index contributed by atoms with van der Waals surface area (Å²) in [5, 5.41) is 3.48. The van der Waals surface area contributed by atoms with Crippen molar-refractivity contribution < 1.29 is 9.53 Å². The first kappa shape index (κ1) is 16.8. The van der Waals surface area contributed by atoms with Crippen molar-refractivity contribution in [3.05, 3.63) is 0 Å². The van der Waals surface area contributed by atoms with E-state index < -0.39 is 5.54 Å². The lowest BCUT2D eigenvalue weighted by atomic mass is 9.94. The molecule has 1 unspecified atom stereocenters. The van der Waals surface area contributed by atoms with Crippen molar-refractivity contribution in [1.29, 1.82) is 0 Å². The van der Waals surface area contributed by atoms with Crippen LogP contribution in [0.4, 0.5) is 0 Å². The Morgan fingerprint density at radius 2 is 1.86 bits per heavy atom. The summed E-state index contributed by atoms with van der Waals surface area (Å²) in [7, 11) is 1.49. The fourth-order valence-electron chi connectivity index (χ4n) is 3.31. The van der Waals surface area contributed by atoms with E-state index >= 15 is 0 Å². The highest BCUT2D eigenvalue weighted by molar-refractivity contribution is 5.80. The lowest BCUT2D eigenvalue weighted by Gasteiger charge is -2.28. The quantitative estimate of drug-likeness (QED) is 0.552. The third-order valence-electron chi connectivity index (χ3n) is 4.84. The molecule has 0 radical (unpaired) electrons. The van der Waals surface area contributed by atoms with Gasteiger partial charge in [0.2, 0.25) is 0 Å². The van der Waals surface area contributed by atoms with E-state index in [1.54, 1.807) is 0 Å². The van der Waals surface area contributed by atoms with Crippen LogP contribution < -0.4 is 5.32 Å². The molecule has 1 N–H and O–H groups in total. The standard InChI is InChI=1S/C17H32N2O2/c1-17(16(20)21-2,18-15-9-10-15)11-5-8-14-19-12-6-3-4-7-13-19/h15,18H,3-14H2,1-2H3. The van der Waals surface area contributed by atoms with Crippen molar-refractivity contribution >= 4 is 5.97 Å². The second-order valence-corrected chi connectivity index (χ2v) is 6.96. The van der Waals surface area contributed by atoms with Gasteiger partial charge in [0.05, 0.1) is 7.11 Å². The molecule has 1 saturated heterocycles. The molecule has 2 aliphatic rings. The van der Waals surface area contributed by atoms with E-state index in [1.807, 2.05) is 6.92 Å². The van der Waals surface area contributed by atoms with Crippen molar-refractivity contribution in [2.75, 3.05) is 26.7 Å². The Morgan fingerprint density at radius 3 is 2.43 bits per heavy atom. The Hall–Kier alpha value is -0.610. The Kier molecular flexibility index (Phi) is 6.49. The highest BCUT2D eigenvalue weighted by Gasteiger charge is 2.38. The number of esters is 1. The molecular weight excluding hydrogens is 264 g/mol. The Bertz CT molecular complexity index is 323. The number of methoxy groups -OCH3 is 1. The van der Waals surface area contributed by atoms with Crippen molar-refractivity contribution in [1.82, 2.24) is 10.2 Å². The molecule has 0 bridgehead atoms. The molecule has 1 aliphatic heterocycles. The summed E-state index contributed by atoms with van der Waals surface area (Å²) in [6, 6.07) is 0.528. The maximum Gasteiger partial charge on any atom is 0.325 e. The SMILES string of the molecule is COC(=O)C(C)(CCCCN1CCCCCC1)NC1CC1. The number of hydrogen-bond donors (Lipinski definition) is 1. The van der Waals surface area contributed by atoms with Crippen LogP contribution in [0.1, 0.15) is 64.7 Å². The number of hydrogen-bond acceptors (Lipinski definition) is 4. The first-order chi connectivity index (χ1) is 10.1. The number of nitrogens with zero attached hydrogens (tertiary/aromatic N) is 1. The smallest absolute Gasteiger partial charge is 0.325 e. The van der Waals surface area contributed by atoms with Gasteiger partial charge in [-0.15, -0.1) is 0 Å². The van der Waals surface area contributed by atoms with Gasteiger partial charge in [0.15, 0.2) is 0 Å². The van der Waals surface area contributed by atoms with Crippen molar-refractivity contribution in [3.8, 4) is 0 Å². The van der Waals surface area contributed by atoms with Gasteiger partial charge in [-0.1, -0.05) is 12.8 Å². The summed E-state index contributed by atoms with van der Waals surface area (Å²) >= 11 is 0. The van der Waals surface area contributed by atoms with E-state index in [0.717, 1.165) is 12.8 Å². The third-order valence-corrected chi connectivity index (χ3v) is 4.84. The number of ether oxygens (including phenoxy) is 1. The van der Waals surface area contributed by atoms with E-state index in [0.29, 0.717) is 6.04 Å². The van der Waals surface area contributed by atoms with Crippen LogP contribution in [0.25, 0.3) is 0 Å². The van der Waals surface area contributed by atoms with Gasteiger partial charge in [0.25, 0.3) is 0 Å². The van der Waals surface area contributed by atoms with Crippen LogP contribution in [-0.4, -0.2) is 49.2 Å². The van der Waals surface area contributed by atoms with Crippen LogP contribution in [0.3, 0.4) is 0 Å². The van der Waals surface area contributed by atoms with Gasteiger partial charge < -0.3 is 9.64 Å². The molecule has 0 spiro atoms. The highest BCUT2D eigenvalue weighted by Crippen LogP contribution is 2.26. The summed E-state index contributed by atoms with van der Waals surface area (Å²) in [5.41, 5.74) is -0.491. The topological polar surface area (TPSA) is 41.6 Å². The fraction of sp³-hybridized carbons (Fsp3) is 0.941. The predicted octanol–water partition coefficient (Wildman–Crippen LogP) is 2.72. The molecule has 122 valence electrons. The molecule has 2 rings (SSSR count). The molecule has 4 heteroatoms. The zero-order chi connectivity index (χ0) is 15.1. The van der Waals surface area contributed by atoms with Crippen molar-refractivity contribution in [2.24, 2.45) is 0 Å². The minimum Gasteiger partial charge on any atom is -0.468 e. The molecule has 1 aliphatic carbocycles. The summed E-state index contributed by atoms with van der Waals surface area (Å²) in [5.74, 6) is -0.107. The van der Waals surface area contributed by atoms with Crippen LogP contribution in [0.5, 0.6) is 0 Å². The largest absolute Gasteiger partial charge is 0.468 e. The molecule has 4 nitrogen and oxygen atoms in total. The average molecular weight is 296 g/mol. The van der Waals surface area contributed by atoms with E-state index in [9.17, 15) is 4.79 Å². The minimum absolute atomic E-state index is 0.107. The van der Waals surface area contributed by atoms with E-state index in [1.165, 1.54) is 71.7 Å². The molecule has 21 heavy (non-hydrogen) atoms. The van der Waals surface area contributed by atoms with Crippen LogP contribution in [-0.2, 0) is 9.53 Å². The van der Waals surface area contributed by atoms with Crippen LogP contribution in [0.2, 0.25) is 0 Å². The lowest BCUT2D eigenvalue weighted by Crippen LogP contribution is -2.51. The molecule has 0 aromatic heterocycles. The number of carbonyl (C=O) groups excluding carboxylic acids is 1. The molecule has 0 amide bonds. The molecule has 1 saturated carbocycles. The second kappa shape index (κ2) is 8.14. The molecule has 0 aromatic carbocycles. The first-order valence-electron chi connectivity index (χ1n) is 8.72. The number of carbonyl (C=O) groups is 1. The van der Waals surface area contributed by atoms with E-state index in [4.69, 9.17) is 4.74 Å². The third kappa shape index (κ3) is 5.59. The summed E-state index contributed by atoms with van der Waals surface area (Å²) in [4.78, 5) is 14.6. The maximum absolute atomic E-state index is 12.0. The molecule has 1 heterocycles. The van der Waals surface area contributed by atoms with Crippen LogP contribution >= 0.6 is 0 Å².